The molecule has 1 aromatic rings. The summed E-state index contributed by atoms with van der Waals surface area (Å²) < 4.78 is 36.4. The van der Waals surface area contributed by atoms with Gasteiger partial charge >= 0.3 is 6.18 Å². The van der Waals surface area contributed by atoms with Gasteiger partial charge in [-0.25, -0.2) is 0 Å². The molecule has 0 heterocycles. The largest absolute Gasteiger partial charge is 0.416 e. The van der Waals surface area contributed by atoms with Crippen LogP contribution in [-0.4, -0.2) is 10.4 Å². The monoisotopic (exact) mass is 268 g/mol. The molecule has 0 aliphatic rings. The summed E-state index contributed by atoms with van der Waals surface area (Å²) in [5.41, 5.74) is -0.238. The van der Waals surface area contributed by atoms with Crippen molar-refractivity contribution in [3.8, 4) is 0 Å². The second-order valence-electron chi connectivity index (χ2n) is 2.79. The summed E-state index contributed by atoms with van der Waals surface area (Å²) in [6, 6.07) is 4.46. The molecule has 1 N–H and O–H groups in total. The first-order chi connectivity index (χ1) is 6.45. The molecule has 0 spiro atoms. The topological polar surface area (TPSA) is 20.2 Å². The summed E-state index contributed by atoms with van der Waals surface area (Å²) in [4.78, 5) is 0. The molecule has 1 nitrogen and oxygen atoms in total. The number of alkyl halides is 4. The van der Waals surface area contributed by atoms with E-state index >= 15 is 0 Å². The number of benzene rings is 1. The number of aliphatic hydroxyl groups excluding tert-OH is 1. The quantitative estimate of drug-likeness (QED) is 0.818. The van der Waals surface area contributed by atoms with Gasteiger partial charge in [-0.15, -0.1) is 0 Å². The fourth-order valence-corrected chi connectivity index (χ4v) is 1.36. The minimum absolute atomic E-state index is 0.304. The summed E-state index contributed by atoms with van der Waals surface area (Å²) in [6.45, 7) is 0. The fraction of sp³-hybridized carbons (Fsp3) is 0.333. The molecule has 14 heavy (non-hydrogen) atoms. The first-order valence-electron chi connectivity index (χ1n) is 3.86. The highest BCUT2D eigenvalue weighted by Crippen LogP contribution is 2.30. The lowest BCUT2D eigenvalue weighted by molar-refractivity contribution is -0.137. The Morgan fingerprint density at radius 2 is 1.71 bits per heavy atom. The normalized spacial score (nSPS) is 14.1. The summed E-state index contributed by atoms with van der Waals surface area (Å²) in [7, 11) is 0. The van der Waals surface area contributed by atoms with E-state index in [-0.39, 0.29) is 0 Å². The average Bonchev–Trinajstić information content (AvgIpc) is 2.15. The van der Waals surface area contributed by atoms with Crippen LogP contribution < -0.4 is 0 Å². The summed E-state index contributed by atoms with van der Waals surface area (Å²) in [6.07, 6.45) is -5.09. The Hall–Kier alpha value is -0.550. The van der Waals surface area contributed by atoms with E-state index in [4.69, 9.17) is 0 Å². The van der Waals surface area contributed by atoms with Gasteiger partial charge in [0, 0.05) is 5.33 Å². The maximum atomic E-state index is 12.1. The lowest BCUT2D eigenvalue weighted by Gasteiger charge is -2.10. The van der Waals surface area contributed by atoms with Crippen molar-refractivity contribution >= 4 is 15.9 Å². The Morgan fingerprint density at radius 3 is 2.07 bits per heavy atom. The van der Waals surface area contributed by atoms with Gasteiger partial charge in [-0.2, -0.15) is 13.2 Å². The Bertz CT molecular complexity index is 294. The number of aliphatic hydroxyl groups is 1. The zero-order valence-electron chi connectivity index (χ0n) is 7.05. The van der Waals surface area contributed by atoms with Crippen LogP contribution >= 0.6 is 15.9 Å². The van der Waals surface area contributed by atoms with Crippen LogP contribution in [0.25, 0.3) is 0 Å². The molecule has 0 aliphatic carbocycles. The molecule has 0 saturated heterocycles. The van der Waals surface area contributed by atoms with E-state index in [0.29, 0.717) is 10.9 Å². The molecule has 1 aromatic carbocycles. The van der Waals surface area contributed by atoms with Gasteiger partial charge in [0.05, 0.1) is 11.7 Å². The van der Waals surface area contributed by atoms with Crippen LogP contribution in [0.2, 0.25) is 0 Å². The Kier molecular flexibility index (Phi) is 3.55. The van der Waals surface area contributed by atoms with E-state index in [1.165, 1.54) is 12.1 Å². The first-order valence-corrected chi connectivity index (χ1v) is 4.98. The van der Waals surface area contributed by atoms with Gasteiger partial charge in [-0.1, -0.05) is 28.1 Å². The van der Waals surface area contributed by atoms with E-state index in [1.54, 1.807) is 0 Å². The molecule has 78 valence electrons. The van der Waals surface area contributed by atoms with Crippen molar-refractivity contribution in [1.29, 1.82) is 0 Å². The molecule has 0 fully saturated rings. The highest BCUT2D eigenvalue weighted by atomic mass is 79.9. The molecule has 5 heteroatoms. The highest BCUT2D eigenvalue weighted by Gasteiger charge is 2.30. The maximum Gasteiger partial charge on any atom is 0.416 e. The van der Waals surface area contributed by atoms with Crippen molar-refractivity contribution < 1.29 is 18.3 Å². The van der Waals surface area contributed by atoms with Crippen LogP contribution in [0.15, 0.2) is 24.3 Å². The molecular formula is C9H8BrF3O. The Labute approximate surface area is 87.7 Å². The lowest BCUT2D eigenvalue weighted by atomic mass is 10.1. The fourth-order valence-electron chi connectivity index (χ4n) is 0.983. The molecule has 0 aliphatic heterocycles. The van der Waals surface area contributed by atoms with Crippen LogP contribution in [0, 0.1) is 0 Å². The van der Waals surface area contributed by atoms with Gasteiger partial charge in [-0.3, -0.25) is 0 Å². The van der Waals surface area contributed by atoms with Gasteiger partial charge in [0.15, 0.2) is 0 Å². The van der Waals surface area contributed by atoms with E-state index in [1.807, 2.05) is 0 Å². The molecule has 1 atom stereocenters. The van der Waals surface area contributed by atoms with E-state index in [2.05, 4.69) is 15.9 Å². The third-order valence-electron chi connectivity index (χ3n) is 1.77. The molecular weight excluding hydrogens is 261 g/mol. The molecule has 0 amide bonds. The third kappa shape index (κ3) is 2.72. The number of halogens is 4. The Morgan fingerprint density at radius 1 is 1.21 bits per heavy atom. The molecule has 0 saturated carbocycles. The zero-order chi connectivity index (χ0) is 10.8. The predicted molar refractivity (Wildman–Crippen MR) is 50.2 cm³/mol. The second kappa shape index (κ2) is 4.31. The predicted octanol–water partition coefficient (Wildman–Crippen LogP) is 3.13. The van der Waals surface area contributed by atoms with Crippen molar-refractivity contribution in [2.75, 3.05) is 5.33 Å². The molecule has 0 bridgehead atoms. The number of rotatable bonds is 2. The van der Waals surface area contributed by atoms with Crippen LogP contribution in [0.5, 0.6) is 0 Å². The van der Waals surface area contributed by atoms with Crippen molar-refractivity contribution in [2.45, 2.75) is 12.3 Å². The van der Waals surface area contributed by atoms with Gasteiger partial charge in [-0.05, 0) is 17.7 Å². The minimum atomic E-state index is -4.32. The van der Waals surface area contributed by atoms with Crippen LogP contribution in [0.1, 0.15) is 17.2 Å². The van der Waals surface area contributed by atoms with Crippen molar-refractivity contribution in [3.05, 3.63) is 35.4 Å². The summed E-state index contributed by atoms with van der Waals surface area (Å²) in [5, 5.41) is 9.60. The first kappa shape index (κ1) is 11.5. The average molecular weight is 269 g/mol. The van der Waals surface area contributed by atoms with E-state index < -0.39 is 17.8 Å². The van der Waals surface area contributed by atoms with Crippen LogP contribution in [-0.2, 0) is 6.18 Å². The van der Waals surface area contributed by atoms with E-state index in [0.717, 1.165) is 12.1 Å². The second-order valence-corrected chi connectivity index (χ2v) is 3.44. The third-order valence-corrected chi connectivity index (χ3v) is 2.38. The number of hydrogen-bond donors (Lipinski definition) is 1. The van der Waals surface area contributed by atoms with Gasteiger partial charge in [0.25, 0.3) is 0 Å². The van der Waals surface area contributed by atoms with E-state index in [9.17, 15) is 18.3 Å². The SMILES string of the molecule is O[C@H](CBr)c1ccc(C(F)(F)F)cc1. The Balaban J connectivity index is 2.89. The maximum absolute atomic E-state index is 12.1. The molecule has 0 radical (unpaired) electrons. The minimum Gasteiger partial charge on any atom is -0.388 e. The molecule has 1 rings (SSSR count). The van der Waals surface area contributed by atoms with Crippen LogP contribution in [0.3, 0.4) is 0 Å². The van der Waals surface area contributed by atoms with Gasteiger partial charge in [0.2, 0.25) is 0 Å². The molecule has 0 unspecified atom stereocenters. The standard InChI is InChI=1S/C9H8BrF3O/c10-5-8(14)6-1-3-7(4-2-6)9(11,12)13/h1-4,8,14H,5H2/t8-/m1/s1. The van der Waals surface area contributed by atoms with Crippen LogP contribution in [0.4, 0.5) is 13.2 Å². The smallest absolute Gasteiger partial charge is 0.388 e. The number of hydrogen-bond acceptors (Lipinski definition) is 1. The van der Waals surface area contributed by atoms with Crippen molar-refractivity contribution in [2.24, 2.45) is 0 Å². The summed E-state index contributed by atoms with van der Waals surface area (Å²) >= 11 is 3.04. The zero-order valence-corrected chi connectivity index (χ0v) is 8.64. The molecule has 0 aromatic heterocycles. The van der Waals surface area contributed by atoms with Crippen molar-refractivity contribution in [3.63, 3.8) is 0 Å². The summed E-state index contributed by atoms with van der Waals surface area (Å²) in [5.74, 6) is 0. The van der Waals surface area contributed by atoms with Gasteiger partial charge in [0.1, 0.15) is 0 Å². The highest BCUT2D eigenvalue weighted by molar-refractivity contribution is 9.09. The van der Waals surface area contributed by atoms with Crippen molar-refractivity contribution in [1.82, 2.24) is 0 Å². The van der Waals surface area contributed by atoms with Gasteiger partial charge < -0.3 is 5.11 Å². The lowest BCUT2D eigenvalue weighted by Crippen LogP contribution is -2.05.